The third kappa shape index (κ3) is 2.49. The number of benzene rings is 1. The topological polar surface area (TPSA) is 35.8 Å². The Morgan fingerprint density at radius 2 is 1.81 bits per heavy atom. The highest BCUT2D eigenvalue weighted by Gasteiger charge is 2.10. The molecular formula is C16H15BrN2O2. The fraction of sp³-hybridized carbons (Fsp3) is 0.188. The van der Waals surface area contributed by atoms with Crippen LogP contribution in [0.1, 0.15) is 5.56 Å². The number of aromatic nitrogens is 2. The number of pyridine rings is 1. The summed E-state index contributed by atoms with van der Waals surface area (Å²) < 4.78 is 13.7. The van der Waals surface area contributed by atoms with Gasteiger partial charge < -0.3 is 13.9 Å². The highest BCUT2D eigenvalue weighted by atomic mass is 79.9. The Kier molecular flexibility index (Phi) is 3.59. The van der Waals surface area contributed by atoms with Gasteiger partial charge in [-0.2, -0.15) is 0 Å². The van der Waals surface area contributed by atoms with Crippen LogP contribution in [-0.2, 0) is 0 Å². The van der Waals surface area contributed by atoms with Crippen molar-refractivity contribution in [3.63, 3.8) is 0 Å². The minimum Gasteiger partial charge on any atom is -0.493 e. The number of nitrogens with zero attached hydrogens (tertiary/aromatic N) is 2. The molecule has 0 aliphatic heterocycles. The first-order chi connectivity index (χ1) is 10.1. The number of hydrogen-bond donors (Lipinski definition) is 0. The molecule has 1 aromatic carbocycles. The van der Waals surface area contributed by atoms with E-state index in [4.69, 9.17) is 9.47 Å². The van der Waals surface area contributed by atoms with E-state index >= 15 is 0 Å². The number of imidazole rings is 1. The minimum absolute atomic E-state index is 0.699. The van der Waals surface area contributed by atoms with Gasteiger partial charge in [0, 0.05) is 22.4 Å². The molecule has 0 aliphatic rings. The second kappa shape index (κ2) is 5.41. The van der Waals surface area contributed by atoms with Gasteiger partial charge in [-0.05, 0) is 52.7 Å². The zero-order chi connectivity index (χ0) is 15.0. The smallest absolute Gasteiger partial charge is 0.161 e. The van der Waals surface area contributed by atoms with Crippen molar-refractivity contribution in [3.05, 3.63) is 46.7 Å². The lowest BCUT2D eigenvalue weighted by Gasteiger charge is -2.08. The number of methoxy groups -OCH3 is 2. The van der Waals surface area contributed by atoms with E-state index in [-0.39, 0.29) is 0 Å². The summed E-state index contributed by atoms with van der Waals surface area (Å²) in [5, 5.41) is 0. The van der Waals surface area contributed by atoms with Gasteiger partial charge in [0.25, 0.3) is 0 Å². The minimum atomic E-state index is 0.699. The molecule has 0 N–H and O–H groups in total. The fourth-order valence-electron chi connectivity index (χ4n) is 2.24. The van der Waals surface area contributed by atoms with E-state index in [1.54, 1.807) is 14.2 Å². The molecule has 0 atom stereocenters. The summed E-state index contributed by atoms with van der Waals surface area (Å²) >= 11 is 3.54. The molecule has 2 aromatic heterocycles. The van der Waals surface area contributed by atoms with Gasteiger partial charge in [-0.25, -0.2) is 4.98 Å². The van der Waals surface area contributed by atoms with E-state index < -0.39 is 0 Å². The Morgan fingerprint density at radius 3 is 2.52 bits per heavy atom. The molecule has 21 heavy (non-hydrogen) atoms. The maximum atomic E-state index is 5.34. The van der Waals surface area contributed by atoms with Crippen molar-refractivity contribution in [2.75, 3.05) is 14.2 Å². The number of hydrogen-bond acceptors (Lipinski definition) is 3. The maximum absolute atomic E-state index is 5.34. The van der Waals surface area contributed by atoms with Crippen LogP contribution >= 0.6 is 15.9 Å². The number of rotatable bonds is 3. The molecule has 108 valence electrons. The predicted octanol–water partition coefficient (Wildman–Crippen LogP) is 4.09. The second-order valence-electron chi connectivity index (χ2n) is 4.77. The normalized spacial score (nSPS) is 10.9. The Hall–Kier alpha value is -2.01. The Labute approximate surface area is 131 Å². The van der Waals surface area contributed by atoms with Crippen molar-refractivity contribution in [1.29, 1.82) is 0 Å². The second-order valence-corrected chi connectivity index (χ2v) is 5.62. The first-order valence-electron chi connectivity index (χ1n) is 6.49. The highest BCUT2D eigenvalue weighted by molar-refractivity contribution is 9.10. The monoisotopic (exact) mass is 346 g/mol. The molecule has 0 saturated heterocycles. The van der Waals surface area contributed by atoms with Crippen molar-refractivity contribution in [3.8, 4) is 22.8 Å². The van der Waals surface area contributed by atoms with Gasteiger partial charge in [-0.15, -0.1) is 0 Å². The van der Waals surface area contributed by atoms with Crippen molar-refractivity contribution < 1.29 is 9.47 Å². The van der Waals surface area contributed by atoms with E-state index in [1.165, 1.54) is 0 Å². The molecule has 0 spiro atoms. The van der Waals surface area contributed by atoms with Crippen molar-refractivity contribution in [2.45, 2.75) is 6.92 Å². The third-order valence-corrected chi connectivity index (χ3v) is 4.25. The van der Waals surface area contributed by atoms with Gasteiger partial charge in [-0.1, -0.05) is 0 Å². The first kappa shape index (κ1) is 13.9. The summed E-state index contributed by atoms with van der Waals surface area (Å²) in [6.07, 6.45) is 4.02. The first-order valence-corrected chi connectivity index (χ1v) is 7.29. The average Bonchev–Trinajstić information content (AvgIpc) is 2.89. The van der Waals surface area contributed by atoms with Crippen LogP contribution in [0.5, 0.6) is 11.5 Å². The van der Waals surface area contributed by atoms with Crippen LogP contribution in [0.25, 0.3) is 16.9 Å². The molecule has 2 heterocycles. The summed E-state index contributed by atoms with van der Waals surface area (Å²) in [6.45, 7) is 2.05. The summed E-state index contributed by atoms with van der Waals surface area (Å²) in [5.41, 5.74) is 3.96. The number of aryl methyl sites for hydroxylation is 1. The molecule has 0 fully saturated rings. The van der Waals surface area contributed by atoms with Crippen molar-refractivity contribution in [1.82, 2.24) is 9.38 Å². The highest BCUT2D eigenvalue weighted by Crippen LogP contribution is 2.32. The number of ether oxygens (including phenoxy) is 2. The van der Waals surface area contributed by atoms with Gasteiger partial charge in [0.1, 0.15) is 5.65 Å². The zero-order valence-corrected chi connectivity index (χ0v) is 13.6. The van der Waals surface area contributed by atoms with Crippen LogP contribution in [0.15, 0.2) is 41.1 Å². The molecule has 0 amide bonds. The van der Waals surface area contributed by atoms with Crippen LogP contribution in [0.2, 0.25) is 0 Å². The molecule has 0 saturated carbocycles. The predicted molar refractivity (Wildman–Crippen MR) is 86.2 cm³/mol. The van der Waals surface area contributed by atoms with E-state index in [0.29, 0.717) is 11.5 Å². The largest absolute Gasteiger partial charge is 0.493 e. The van der Waals surface area contributed by atoms with Gasteiger partial charge in [0.15, 0.2) is 11.5 Å². The van der Waals surface area contributed by atoms with Gasteiger partial charge in [-0.3, -0.25) is 0 Å². The molecular weight excluding hydrogens is 332 g/mol. The Bertz CT molecular complexity index is 772. The lowest BCUT2D eigenvalue weighted by Crippen LogP contribution is -1.90. The average molecular weight is 347 g/mol. The lowest BCUT2D eigenvalue weighted by molar-refractivity contribution is 0.355. The van der Waals surface area contributed by atoms with Crippen LogP contribution in [-0.4, -0.2) is 23.6 Å². The van der Waals surface area contributed by atoms with Crippen LogP contribution < -0.4 is 9.47 Å². The summed E-state index contributed by atoms with van der Waals surface area (Å²) in [6, 6.07) is 7.85. The zero-order valence-electron chi connectivity index (χ0n) is 12.1. The van der Waals surface area contributed by atoms with E-state index in [2.05, 4.69) is 27.8 Å². The Morgan fingerprint density at radius 1 is 1.05 bits per heavy atom. The molecule has 3 aromatic rings. The van der Waals surface area contributed by atoms with Crippen molar-refractivity contribution >= 4 is 21.6 Å². The Balaban J connectivity index is 2.12. The molecule has 0 aliphatic carbocycles. The van der Waals surface area contributed by atoms with E-state index in [0.717, 1.165) is 26.9 Å². The number of halogens is 1. The summed E-state index contributed by atoms with van der Waals surface area (Å²) in [4.78, 5) is 4.66. The van der Waals surface area contributed by atoms with E-state index in [1.807, 2.05) is 41.1 Å². The summed E-state index contributed by atoms with van der Waals surface area (Å²) in [5.74, 6) is 1.41. The van der Waals surface area contributed by atoms with Crippen LogP contribution in [0.3, 0.4) is 0 Å². The molecule has 5 heteroatoms. The molecule has 4 nitrogen and oxygen atoms in total. The quantitative estimate of drug-likeness (QED) is 0.716. The van der Waals surface area contributed by atoms with Gasteiger partial charge in [0.05, 0.1) is 19.9 Å². The summed E-state index contributed by atoms with van der Waals surface area (Å²) in [7, 11) is 3.26. The number of fused-ring (bicyclic) bond motifs is 1. The van der Waals surface area contributed by atoms with E-state index in [9.17, 15) is 0 Å². The molecule has 0 bridgehead atoms. The standard InChI is InChI=1S/C16H15BrN2O2/c1-10-6-16-18-13(9-19(16)8-12(10)17)11-4-5-14(20-2)15(7-11)21-3/h4-9H,1-3H3. The molecule has 0 radical (unpaired) electrons. The SMILES string of the molecule is COc1ccc(-c2cn3cc(Br)c(C)cc3n2)cc1OC. The lowest BCUT2D eigenvalue weighted by atomic mass is 10.1. The van der Waals surface area contributed by atoms with Crippen molar-refractivity contribution in [2.24, 2.45) is 0 Å². The van der Waals surface area contributed by atoms with Crippen LogP contribution in [0.4, 0.5) is 0 Å². The van der Waals surface area contributed by atoms with Crippen LogP contribution in [0, 0.1) is 6.92 Å². The molecule has 0 unspecified atom stereocenters. The molecule has 3 rings (SSSR count). The van der Waals surface area contributed by atoms with Gasteiger partial charge in [0.2, 0.25) is 0 Å². The third-order valence-electron chi connectivity index (χ3n) is 3.41. The fourth-order valence-corrected chi connectivity index (χ4v) is 2.57. The van der Waals surface area contributed by atoms with Gasteiger partial charge >= 0.3 is 0 Å². The maximum Gasteiger partial charge on any atom is 0.161 e.